The lowest BCUT2D eigenvalue weighted by molar-refractivity contribution is -0.137. The molecule has 1 N–H and O–H groups in total. The van der Waals surface area contributed by atoms with Crippen LogP contribution in [-0.2, 0) is 17.3 Å². The predicted molar refractivity (Wildman–Crippen MR) is 96.0 cm³/mol. The van der Waals surface area contributed by atoms with Gasteiger partial charge in [-0.15, -0.1) is 0 Å². The highest BCUT2D eigenvalue weighted by molar-refractivity contribution is 6.31. The summed E-state index contributed by atoms with van der Waals surface area (Å²) in [6.07, 6.45) is -4.51. The highest BCUT2D eigenvalue weighted by atomic mass is 35.5. The van der Waals surface area contributed by atoms with Gasteiger partial charge in [0.15, 0.2) is 0 Å². The van der Waals surface area contributed by atoms with Crippen molar-refractivity contribution in [1.29, 1.82) is 0 Å². The maximum absolute atomic E-state index is 12.7. The zero-order valence-electron chi connectivity index (χ0n) is 14.4. The number of ether oxygens (including phenoxy) is 2. The summed E-state index contributed by atoms with van der Waals surface area (Å²) in [5.74, 6) is 0.951. The molecular formula is C19H17ClF3NO3. The second kappa shape index (κ2) is 8.81. The summed E-state index contributed by atoms with van der Waals surface area (Å²) in [7, 11) is 0. The summed E-state index contributed by atoms with van der Waals surface area (Å²) in [5.41, 5.74) is 0.0213. The lowest BCUT2D eigenvalue weighted by atomic mass is 10.1. The molecule has 0 heterocycles. The van der Waals surface area contributed by atoms with Crippen molar-refractivity contribution in [2.24, 2.45) is 0 Å². The molecule has 0 spiro atoms. The lowest BCUT2D eigenvalue weighted by Gasteiger charge is -2.11. The zero-order valence-corrected chi connectivity index (χ0v) is 15.2. The van der Waals surface area contributed by atoms with E-state index in [1.165, 1.54) is 6.07 Å². The first-order valence-electron chi connectivity index (χ1n) is 7.90. The number of halogens is 4. The Morgan fingerprint density at radius 3 is 2.33 bits per heavy atom. The summed E-state index contributed by atoms with van der Waals surface area (Å²) in [6.45, 7) is 5.41. The molecule has 0 bridgehead atoms. The fourth-order valence-electron chi connectivity index (χ4n) is 2.15. The van der Waals surface area contributed by atoms with Crippen LogP contribution in [0.2, 0.25) is 5.02 Å². The third-order valence-electron chi connectivity index (χ3n) is 3.35. The summed E-state index contributed by atoms with van der Waals surface area (Å²) in [4.78, 5) is 11.3. The predicted octanol–water partition coefficient (Wildman–Crippen LogP) is 5.95. The first kappa shape index (κ1) is 20.6. The minimum absolute atomic E-state index is 0.199. The number of alkyl halides is 3. The zero-order chi connectivity index (χ0) is 20.0. The molecule has 4 nitrogen and oxygen atoms in total. The maximum atomic E-state index is 12.7. The highest BCUT2D eigenvalue weighted by Gasteiger charge is 2.33. The van der Waals surface area contributed by atoms with Crippen molar-refractivity contribution in [3.63, 3.8) is 0 Å². The monoisotopic (exact) mass is 399 g/mol. The van der Waals surface area contributed by atoms with Crippen LogP contribution in [0.5, 0.6) is 11.5 Å². The molecule has 0 aliphatic carbocycles. The SMILES string of the molecule is C=C(C)OC(=O)NCCc1ccc(Oc2ccc(C(F)(F)F)c(Cl)c2)cc1. The number of alkyl carbamates (subject to hydrolysis) is 1. The summed E-state index contributed by atoms with van der Waals surface area (Å²) < 4.78 is 48.4. The summed E-state index contributed by atoms with van der Waals surface area (Å²) in [6, 6.07) is 10.1. The lowest BCUT2D eigenvalue weighted by Crippen LogP contribution is -2.25. The van der Waals surface area contributed by atoms with E-state index < -0.39 is 22.9 Å². The average molecular weight is 400 g/mol. The number of allylic oxidation sites excluding steroid dienone is 1. The molecule has 0 radical (unpaired) electrons. The van der Waals surface area contributed by atoms with Crippen LogP contribution in [0.3, 0.4) is 0 Å². The van der Waals surface area contributed by atoms with Crippen molar-refractivity contribution in [1.82, 2.24) is 5.32 Å². The number of nitrogens with one attached hydrogen (secondary N) is 1. The number of hydrogen-bond acceptors (Lipinski definition) is 3. The molecule has 144 valence electrons. The average Bonchev–Trinajstić information content (AvgIpc) is 2.54. The largest absolute Gasteiger partial charge is 0.457 e. The quantitative estimate of drug-likeness (QED) is 0.610. The fraction of sp³-hybridized carbons (Fsp3) is 0.211. The Hall–Kier alpha value is -2.67. The van der Waals surface area contributed by atoms with E-state index in [2.05, 4.69) is 11.9 Å². The van der Waals surface area contributed by atoms with Gasteiger partial charge in [0.05, 0.1) is 16.3 Å². The number of benzene rings is 2. The Labute approximate surface area is 159 Å². The molecule has 0 saturated carbocycles. The van der Waals surface area contributed by atoms with Gasteiger partial charge in [0.1, 0.15) is 11.5 Å². The van der Waals surface area contributed by atoms with Crippen molar-refractivity contribution in [2.45, 2.75) is 19.5 Å². The summed E-state index contributed by atoms with van der Waals surface area (Å²) >= 11 is 5.67. The Morgan fingerprint density at radius 1 is 1.15 bits per heavy atom. The minimum Gasteiger partial charge on any atom is -0.457 e. The van der Waals surface area contributed by atoms with Crippen LogP contribution in [0.15, 0.2) is 54.8 Å². The van der Waals surface area contributed by atoms with Gasteiger partial charge in [-0.3, -0.25) is 0 Å². The van der Waals surface area contributed by atoms with Crippen molar-refractivity contribution < 1.29 is 27.4 Å². The second-order valence-corrected chi connectivity index (χ2v) is 6.06. The Balaban J connectivity index is 1.91. The maximum Gasteiger partial charge on any atom is 0.417 e. The molecule has 0 fully saturated rings. The molecule has 0 unspecified atom stereocenters. The van der Waals surface area contributed by atoms with E-state index in [1.54, 1.807) is 31.2 Å². The number of carbonyl (C=O) groups excluding carboxylic acids is 1. The number of carbonyl (C=O) groups is 1. The Morgan fingerprint density at radius 2 is 1.78 bits per heavy atom. The molecule has 2 rings (SSSR count). The van der Waals surface area contributed by atoms with Crippen LogP contribution < -0.4 is 10.1 Å². The summed E-state index contributed by atoms with van der Waals surface area (Å²) in [5, 5.41) is 2.15. The van der Waals surface area contributed by atoms with E-state index in [9.17, 15) is 18.0 Å². The van der Waals surface area contributed by atoms with Crippen LogP contribution in [-0.4, -0.2) is 12.6 Å². The molecule has 1 amide bonds. The van der Waals surface area contributed by atoms with E-state index in [1.807, 2.05) is 0 Å². The van der Waals surface area contributed by atoms with Gasteiger partial charge < -0.3 is 14.8 Å². The molecule has 0 atom stereocenters. The molecular weight excluding hydrogens is 383 g/mol. The molecule has 0 aliphatic heterocycles. The first-order valence-corrected chi connectivity index (χ1v) is 8.27. The van der Waals surface area contributed by atoms with Gasteiger partial charge in [-0.05, 0) is 43.2 Å². The van der Waals surface area contributed by atoms with E-state index >= 15 is 0 Å². The first-order chi connectivity index (χ1) is 12.6. The number of amides is 1. The molecule has 2 aromatic carbocycles. The second-order valence-electron chi connectivity index (χ2n) is 5.65. The number of hydrogen-bond donors (Lipinski definition) is 1. The fourth-order valence-corrected chi connectivity index (χ4v) is 2.43. The van der Waals surface area contributed by atoms with Crippen molar-refractivity contribution in [3.8, 4) is 11.5 Å². The molecule has 0 aliphatic rings. The molecule has 0 saturated heterocycles. The van der Waals surface area contributed by atoms with Crippen LogP contribution in [0, 0.1) is 0 Å². The third kappa shape index (κ3) is 6.53. The highest BCUT2D eigenvalue weighted by Crippen LogP contribution is 2.37. The molecule has 8 heteroatoms. The minimum atomic E-state index is -4.51. The van der Waals surface area contributed by atoms with Crippen LogP contribution in [0.4, 0.5) is 18.0 Å². The van der Waals surface area contributed by atoms with Gasteiger partial charge in [0.25, 0.3) is 0 Å². The topological polar surface area (TPSA) is 47.6 Å². The van der Waals surface area contributed by atoms with E-state index in [-0.39, 0.29) is 5.75 Å². The van der Waals surface area contributed by atoms with Gasteiger partial charge in [-0.25, -0.2) is 4.79 Å². The van der Waals surface area contributed by atoms with Gasteiger partial charge in [0.2, 0.25) is 0 Å². The van der Waals surface area contributed by atoms with E-state index in [0.29, 0.717) is 24.5 Å². The Bertz CT molecular complexity index is 820. The third-order valence-corrected chi connectivity index (χ3v) is 3.67. The van der Waals surface area contributed by atoms with Crippen molar-refractivity contribution >= 4 is 17.7 Å². The van der Waals surface area contributed by atoms with E-state index in [0.717, 1.165) is 17.7 Å². The van der Waals surface area contributed by atoms with Gasteiger partial charge >= 0.3 is 12.3 Å². The van der Waals surface area contributed by atoms with Crippen LogP contribution in [0.25, 0.3) is 0 Å². The smallest absolute Gasteiger partial charge is 0.417 e. The Kier molecular flexibility index (Phi) is 6.74. The number of rotatable bonds is 6. The van der Waals surface area contributed by atoms with Gasteiger partial charge in [-0.2, -0.15) is 13.2 Å². The van der Waals surface area contributed by atoms with Crippen LogP contribution >= 0.6 is 11.6 Å². The molecule has 2 aromatic rings. The van der Waals surface area contributed by atoms with Crippen molar-refractivity contribution in [2.75, 3.05) is 6.54 Å². The van der Waals surface area contributed by atoms with Crippen LogP contribution in [0.1, 0.15) is 18.1 Å². The van der Waals surface area contributed by atoms with Gasteiger partial charge in [-0.1, -0.05) is 30.3 Å². The normalized spacial score (nSPS) is 11.0. The molecule has 0 aromatic heterocycles. The standard InChI is InChI=1S/C19H17ClF3NO3/c1-12(2)26-18(25)24-10-9-13-3-5-14(6-4-13)27-15-7-8-16(17(20)11-15)19(21,22)23/h3-8,11H,1,9-10H2,2H3,(H,24,25). The molecule has 27 heavy (non-hydrogen) atoms. The van der Waals surface area contributed by atoms with E-state index in [4.69, 9.17) is 21.1 Å². The van der Waals surface area contributed by atoms with Gasteiger partial charge in [0, 0.05) is 12.6 Å². The van der Waals surface area contributed by atoms with Crippen molar-refractivity contribution in [3.05, 3.63) is 71.0 Å².